The van der Waals surface area contributed by atoms with Crippen molar-refractivity contribution in [3.63, 3.8) is 0 Å². The number of fused-ring (bicyclic) bond motifs is 3. The summed E-state index contributed by atoms with van der Waals surface area (Å²) in [6.07, 6.45) is -0.958. The summed E-state index contributed by atoms with van der Waals surface area (Å²) in [4.78, 5) is 42.0. The third kappa shape index (κ3) is 6.02. The topological polar surface area (TPSA) is 139 Å². The first-order valence-corrected chi connectivity index (χ1v) is 12.1. The van der Waals surface area contributed by atoms with Gasteiger partial charge >= 0.3 is 19.7 Å². The highest BCUT2D eigenvalue weighted by molar-refractivity contribution is 7.61. The largest absolute Gasteiger partial charge is 0.480 e. The van der Waals surface area contributed by atoms with Crippen molar-refractivity contribution in [3.05, 3.63) is 90.0 Å². The second-order valence-corrected chi connectivity index (χ2v) is 9.33. The molecule has 35 heavy (non-hydrogen) atoms. The van der Waals surface area contributed by atoms with Crippen LogP contribution in [0.3, 0.4) is 0 Å². The van der Waals surface area contributed by atoms with E-state index in [9.17, 15) is 24.2 Å². The number of benzene rings is 3. The first-order chi connectivity index (χ1) is 16.9. The van der Waals surface area contributed by atoms with Gasteiger partial charge < -0.3 is 29.4 Å². The molecule has 0 heterocycles. The van der Waals surface area contributed by atoms with E-state index >= 15 is 0 Å². The minimum Gasteiger partial charge on any atom is -0.480 e. The van der Waals surface area contributed by atoms with Crippen LogP contribution < -0.4 is 10.6 Å². The molecule has 182 valence electrons. The highest BCUT2D eigenvalue weighted by Gasteiger charge is 2.31. The number of ether oxygens (including phenoxy) is 1. The number of rotatable bonds is 8. The summed E-state index contributed by atoms with van der Waals surface area (Å²) >= 11 is 0. The number of carbonyl (C=O) groups excluding carboxylic acids is 2. The fourth-order valence-corrected chi connectivity index (χ4v) is 4.87. The maximum absolute atomic E-state index is 12.4. The van der Waals surface area contributed by atoms with Crippen LogP contribution in [0.1, 0.15) is 17.0 Å². The molecule has 1 aliphatic carbocycles. The average Bonchev–Trinajstić information content (AvgIpc) is 3.20. The molecular formula is C25H24NO8P. The van der Waals surface area contributed by atoms with Crippen molar-refractivity contribution in [1.82, 2.24) is 5.32 Å². The number of carboxylic acids is 1. The van der Waals surface area contributed by atoms with Crippen LogP contribution in [-0.2, 0) is 23.4 Å². The molecule has 0 saturated heterocycles. The van der Waals surface area contributed by atoms with Crippen LogP contribution in [0.5, 0.6) is 0 Å². The second kappa shape index (κ2) is 11.6. The number of hydrogen-bond acceptors (Lipinski definition) is 6. The third-order valence-electron chi connectivity index (χ3n) is 5.43. The van der Waals surface area contributed by atoms with Crippen molar-refractivity contribution < 1.29 is 38.2 Å². The molecule has 0 aliphatic heterocycles. The SMILES string of the molecule is C=O.O=C(N[C@@H](COP(=O)(O)c1ccccc1)C(=O)O)OCC1c2ccccc2-c2ccccc21. The standard InChI is InChI=1S/C24H22NO7P.CH2O/c26-23(27)22(15-32-33(29,30)16-8-2-1-3-9-16)25-24(28)31-14-21-19-12-6-4-10-17(19)18-11-5-7-13-20(18)21;1-2/h1-13,21-22H,14-15H2,(H,25,28)(H,26,27)(H,29,30);1H2/t22-;/m0./s1. The van der Waals surface area contributed by atoms with E-state index in [1.807, 2.05) is 55.3 Å². The molecule has 1 amide bonds. The Morgan fingerprint density at radius 1 is 0.914 bits per heavy atom. The fourth-order valence-electron chi connectivity index (χ4n) is 3.82. The molecule has 3 aromatic rings. The van der Waals surface area contributed by atoms with Crippen molar-refractivity contribution in [2.75, 3.05) is 13.2 Å². The number of carboxylic acid groups (broad SMARTS) is 1. The minimum atomic E-state index is -4.24. The number of hydrogen-bond donors (Lipinski definition) is 3. The van der Waals surface area contributed by atoms with Gasteiger partial charge in [0.05, 0.1) is 11.9 Å². The van der Waals surface area contributed by atoms with E-state index in [0.29, 0.717) is 0 Å². The first-order valence-electron chi connectivity index (χ1n) is 10.5. The van der Waals surface area contributed by atoms with Crippen LogP contribution in [0.2, 0.25) is 0 Å². The molecule has 0 fully saturated rings. The molecule has 0 aromatic heterocycles. The third-order valence-corrected chi connectivity index (χ3v) is 6.88. The normalized spacial score (nSPS) is 14.3. The maximum atomic E-state index is 12.4. The Morgan fingerprint density at radius 3 is 1.97 bits per heavy atom. The molecule has 3 aromatic carbocycles. The zero-order chi connectivity index (χ0) is 25.4. The van der Waals surface area contributed by atoms with Gasteiger partial charge in [-0.2, -0.15) is 0 Å². The summed E-state index contributed by atoms with van der Waals surface area (Å²) in [6.45, 7) is 1.30. The fraction of sp³-hybridized carbons (Fsp3) is 0.160. The minimum absolute atomic E-state index is 0.00949. The van der Waals surface area contributed by atoms with Crippen molar-refractivity contribution >= 4 is 31.8 Å². The van der Waals surface area contributed by atoms with Crippen LogP contribution in [0.25, 0.3) is 11.1 Å². The average molecular weight is 497 g/mol. The van der Waals surface area contributed by atoms with E-state index in [1.165, 1.54) is 12.1 Å². The molecule has 9 nitrogen and oxygen atoms in total. The summed E-state index contributed by atoms with van der Waals surface area (Å²) in [5, 5.41) is 11.6. The van der Waals surface area contributed by atoms with Gasteiger partial charge in [-0.05, 0) is 34.4 Å². The summed E-state index contributed by atoms with van der Waals surface area (Å²) < 4.78 is 22.7. The Bertz CT molecular complexity index is 1190. The van der Waals surface area contributed by atoms with Crippen LogP contribution in [0.15, 0.2) is 78.9 Å². The van der Waals surface area contributed by atoms with Crippen molar-refractivity contribution in [2.45, 2.75) is 12.0 Å². The number of carbonyl (C=O) groups is 3. The van der Waals surface area contributed by atoms with Gasteiger partial charge in [0, 0.05) is 5.92 Å². The lowest BCUT2D eigenvalue weighted by molar-refractivity contribution is -0.140. The van der Waals surface area contributed by atoms with Crippen LogP contribution in [0, 0.1) is 0 Å². The number of aliphatic carboxylic acids is 1. The molecule has 1 unspecified atom stereocenters. The highest BCUT2D eigenvalue weighted by atomic mass is 31.2. The highest BCUT2D eigenvalue weighted by Crippen LogP contribution is 2.44. The van der Waals surface area contributed by atoms with Crippen LogP contribution in [-0.4, -0.2) is 48.1 Å². The van der Waals surface area contributed by atoms with E-state index < -0.39 is 32.3 Å². The summed E-state index contributed by atoms with van der Waals surface area (Å²) in [6, 6.07) is 21.7. The van der Waals surface area contributed by atoms with Gasteiger partial charge in [-0.25, -0.2) is 9.59 Å². The Hall–Kier alpha value is -3.78. The predicted octanol–water partition coefficient (Wildman–Crippen LogP) is 3.32. The van der Waals surface area contributed by atoms with Crippen LogP contribution in [0.4, 0.5) is 4.79 Å². The molecule has 3 N–H and O–H groups in total. The van der Waals surface area contributed by atoms with E-state index in [2.05, 4.69) is 5.32 Å². The molecule has 4 rings (SSSR count). The molecule has 10 heteroatoms. The summed E-state index contributed by atoms with van der Waals surface area (Å²) in [7, 11) is -4.24. The van der Waals surface area contributed by atoms with Gasteiger partial charge in [0.2, 0.25) is 0 Å². The van der Waals surface area contributed by atoms with Crippen molar-refractivity contribution in [1.29, 1.82) is 0 Å². The van der Waals surface area contributed by atoms with Gasteiger partial charge in [0.1, 0.15) is 13.4 Å². The Balaban J connectivity index is 0.00000167. The van der Waals surface area contributed by atoms with Gasteiger partial charge in [-0.1, -0.05) is 66.7 Å². The number of amides is 1. The molecule has 0 spiro atoms. The zero-order valence-corrected chi connectivity index (χ0v) is 19.5. The second-order valence-electron chi connectivity index (χ2n) is 7.51. The molecule has 2 atom stereocenters. The maximum Gasteiger partial charge on any atom is 0.407 e. The van der Waals surface area contributed by atoms with Crippen molar-refractivity contribution in [2.24, 2.45) is 0 Å². The van der Waals surface area contributed by atoms with Gasteiger partial charge in [0.25, 0.3) is 0 Å². The predicted molar refractivity (Wildman–Crippen MR) is 129 cm³/mol. The quantitative estimate of drug-likeness (QED) is 0.403. The molecule has 0 saturated carbocycles. The zero-order valence-electron chi connectivity index (χ0n) is 18.6. The Morgan fingerprint density at radius 2 is 1.43 bits per heavy atom. The van der Waals surface area contributed by atoms with E-state index in [0.717, 1.165) is 22.3 Å². The lowest BCUT2D eigenvalue weighted by atomic mass is 9.98. The lowest BCUT2D eigenvalue weighted by Crippen LogP contribution is -2.44. The number of nitrogens with one attached hydrogen (secondary N) is 1. The van der Waals surface area contributed by atoms with Crippen LogP contribution >= 0.6 is 7.60 Å². The first kappa shape index (κ1) is 25.8. The number of alkyl carbamates (subject to hydrolysis) is 1. The molecule has 0 radical (unpaired) electrons. The van der Waals surface area contributed by atoms with Crippen molar-refractivity contribution in [3.8, 4) is 11.1 Å². The van der Waals surface area contributed by atoms with E-state index in [1.54, 1.807) is 18.2 Å². The Labute approximate surface area is 201 Å². The smallest absolute Gasteiger partial charge is 0.407 e. The van der Waals surface area contributed by atoms with Gasteiger partial charge in [-0.15, -0.1) is 0 Å². The molecule has 0 bridgehead atoms. The van der Waals surface area contributed by atoms with E-state index in [-0.39, 0.29) is 17.8 Å². The van der Waals surface area contributed by atoms with Gasteiger partial charge in [0.15, 0.2) is 6.04 Å². The summed E-state index contributed by atoms with van der Waals surface area (Å²) in [5.74, 6) is -1.60. The molecular weight excluding hydrogens is 473 g/mol. The lowest BCUT2D eigenvalue weighted by Gasteiger charge is -2.19. The van der Waals surface area contributed by atoms with Gasteiger partial charge in [-0.3, -0.25) is 4.57 Å². The monoisotopic (exact) mass is 497 g/mol. The Kier molecular flexibility index (Phi) is 8.54. The van der Waals surface area contributed by atoms with E-state index in [4.69, 9.17) is 14.1 Å². The summed E-state index contributed by atoms with van der Waals surface area (Å²) in [5.41, 5.74) is 4.18. The molecule has 1 aliphatic rings.